The lowest BCUT2D eigenvalue weighted by atomic mass is 10.1. The van der Waals surface area contributed by atoms with Gasteiger partial charge in [0.05, 0.1) is 6.04 Å². The molecule has 0 aliphatic carbocycles. The number of hydrogen-bond acceptors (Lipinski definition) is 4. The normalized spacial score (nSPS) is 14.2. The Kier molecular flexibility index (Phi) is 3.82. The largest absolute Gasteiger partial charge is 0.486 e. The molecule has 0 radical (unpaired) electrons. The van der Waals surface area contributed by atoms with Gasteiger partial charge in [-0.1, -0.05) is 6.07 Å². The van der Waals surface area contributed by atoms with Crippen LogP contribution in [-0.2, 0) is 0 Å². The molecule has 6 nitrogen and oxygen atoms in total. The highest BCUT2D eigenvalue weighted by atomic mass is 16.6. The fourth-order valence-electron chi connectivity index (χ4n) is 2.29. The number of aromatic nitrogens is 1. The van der Waals surface area contributed by atoms with Crippen molar-refractivity contribution in [3.8, 4) is 11.5 Å². The van der Waals surface area contributed by atoms with E-state index in [0.717, 1.165) is 5.56 Å². The van der Waals surface area contributed by atoms with Gasteiger partial charge in [-0.2, -0.15) is 0 Å². The minimum atomic E-state index is -0.413. The van der Waals surface area contributed by atoms with Gasteiger partial charge in [-0.15, -0.1) is 0 Å². The lowest BCUT2D eigenvalue weighted by molar-refractivity contribution is 0.0938. The number of hydrogen-bond donors (Lipinski definition) is 2. The molecule has 2 N–H and O–H groups in total. The number of amides is 1. The first kappa shape index (κ1) is 14.2. The maximum atomic E-state index is 12.2. The molecule has 0 saturated carbocycles. The average molecular weight is 300 g/mol. The highest BCUT2D eigenvalue weighted by molar-refractivity contribution is 5.94. The van der Waals surface area contributed by atoms with Crippen LogP contribution in [-0.4, -0.2) is 24.1 Å². The Morgan fingerprint density at radius 2 is 2.00 bits per heavy atom. The highest BCUT2D eigenvalue weighted by Crippen LogP contribution is 2.32. The van der Waals surface area contributed by atoms with E-state index in [1.54, 1.807) is 6.07 Å². The number of rotatable bonds is 3. The predicted octanol–water partition coefficient (Wildman–Crippen LogP) is 1.64. The van der Waals surface area contributed by atoms with Crippen LogP contribution in [0, 0.1) is 0 Å². The Morgan fingerprint density at radius 1 is 1.23 bits per heavy atom. The first-order valence-corrected chi connectivity index (χ1v) is 7.03. The van der Waals surface area contributed by atoms with Crippen LogP contribution < -0.4 is 20.3 Å². The number of fused-ring (bicyclic) bond motifs is 1. The summed E-state index contributed by atoms with van der Waals surface area (Å²) >= 11 is 0. The first-order chi connectivity index (χ1) is 10.6. The molecule has 0 unspecified atom stereocenters. The van der Waals surface area contributed by atoms with E-state index in [4.69, 9.17) is 9.47 Å². The van der Waals surface area contributed by atoms with Crippen molar-refractivity contribution in [2.24, 2.45) is 0 Å². The van der Waals surface area contributed by atoms with Crippen LogP contribution >= 0.6 is 0 Å². The summed E-state index contributed by atoms with van der Waals surface area (Å²) in [5.74, 6) is 0.958. The van der Waals surface area contributed by atoms with Crippen molar-refractivity contribution in [2.75, 3.05) is 13.2 Å². The van der Waals surface area contributed by atoms with Crippen LogP contribution in [0.4, 0.5) is 0 Å². The molecule has 1 amide bonds. The van der Waals surface area contributed by atoms with Crippen molar-refractivity contribution in [1.29, 1.82) is 0 Å². The molecular weight excluding hydrogens is 284 g/mol. The zero-order valence-electron chi connectivity index (χ0n) is 12.1. The van der Waals surface area contributed by atoms with Crippen LogP contribution in [0.5, 0.6) is 11.5 Å². The number of nitrogens with one attached hydrogen (secondary N) is 2. The van der Waals surface area contributed by atoms with Gasteiger partial charge in [0, 0.05) is 6.20 Å². The number of pyridine rings is 1. The predicted molar refractivity (Wildman–Crippen MR) is 80.4 cm³/mol. The van der Waals surface area contributed by atoms with Crippen LogP contribution in [0.15, 0.2) is 41.3 Å². The maximum absolute atomic E-state index is 12.2. The van der Waals surface area contributed by atoms with Crippen molar-refractivity contribution in [3.05, 3.63) is 58.0 Å². The second-order valence-electron chi connectivity index (χ2n) is 5.01. The maximum Gasteiger partial charge on any atom is 0.260 e. The van der Waals surface area contributed by atoms with Crippen molar-refractivity contribution >= 4 is 5.91 Å². The van der Waals surface area contributed by atoms with E-state index >= 15 is 0 Å². The molecule has 2 heterocycles. The van der Waals surface area contributed by atoms with Crippen molar-refractivity contribution in [2.45, 2.75) is 13.0 Å². The number of ether oxygens (including phenoxy) is 2. The smallest absolute Gasteiger partial charge is 0.260 e. The van der Waals surface area contributed by atoms with Gasteiger partial charge in [0.25, 0.3) is 11.5 Å². The Balaban J connectivity index is 1.77. The van der Waals surface area contributed by atoms with Crippen LogP contribution in [0.1, 0.15) is 28.9 Å². The van der Waals surface area contributed by atoms with Crippen LogP contribution in [0.3, 0.4) is 0 Å². The molecule has 114 valence electrons. The van der Waals surface area contributed by atoms with Crippen molar-refractivity contribution in [3.63, 3.8) is 0 Å². The third-order valence-electron chi connectivity index (χ3n) is 3.48. The molecule has 1 atom stereocenters. The Bertz CT molecular complexity index is 754. The first-order valence-electron chi connectivity index (χ1n) is 7.03. The Morgan fingerprint density at radius 3 is 2.77 bits per heavy atom. The van der Waals surface area contributed by atoms with E-state index in [-0.39, 0.29) is 11.6 Å². The van der Waals surface area contributed by atoms with E-state index < -0.39 is 11.5 Å². The Hall–Kier alpha value is -2.76. The number of H-pyrrole nitrogens is 1. The number of aromatic amines is 1. The summed E-state index contributed by atoms with van der Waals surface area (Å²) in [6.45, 7) is 2.90. The summed E-state index contributed by atoms with van der Waals surface area (Å²) in [6, 6.07) is 8.38. The van der Waals surface area contributed by atoms with E-state index in [0.29, 0.717) is 24.7 Å². The molecule has 1 aromatic carbocycles. The standard InChI is InChI=1S/C16H16N2O4/c1-10(18-16(20)12-3-2-6-17-15(12)19)11-4-5-13-14(9-11)22-8-7-21-13/h2-6,9-10H,7-8H2,1H3,(H,17,19)(H,18,20)/t10-/m1/s1. The van der Waals surface area contributed by atoms with Gasteiger partial charge in [0.15, 0.2) is 11.5 Å². The third-order valence-corrected chi connectivity index (χ3v) is 3.48. The second-order valence-corrected chi connectivity index (χ2v) is 5.01. The number of carbonyl (C=O) groups excluding carboxylic acids is 1. The summed E-state index contributed by atoms with van der Waals surface area (Å²) in [4.78, 5) is 26.3. The van der Waals surface area contributed by atoms with Crippen molar-refractivity contribution < 1.29 is 14.3 Å². The molecular formula is C16H16N2O4. The van der Waals surface area contributed by atoms with E-state index in [1.807, 2.05) is 25.1 Å². The topological polar surface area (TPSA) is 80.4 Å². The fourth-order valence-corrected chi connectivity index (χ4v) is 2.29. The van der Waals surface area contributed by atoms with Gasteiger partial charge in [-0.25, -0.2) is 0 Å². The molecule has 22 heavy (non-hydrogen) atoms. The van der Waals surface area contributed by atoms with Gasteiger partial charge in [0.1, 0.15) is 18.8 Å². The molecule has 0 spiro atoms. The third kappa shape index (κ3) is 2.81. The lowest BCUT2D eigenvalue weighted by Gasteiger charge is -2.21. The molecule has 2 aromatic rings. The minimum Gasteiger partial charge on any atom is -0.486 e. The molecule has 3 rings (SSSR count). The van der Waals surface area contributed by atoms with Crippen molar-refractivity contribution in [1.82, 2.24) is 10.3 Å². The van der Waals surface area contributed by atoms with E-state index in [2.05, 4.69) is 10.3 Å². The monoisotopic (exact) mass is 300 g/mol. The van der Waals surface area contributed by atoms with Gasteiger partial charge in [-0.05, 0) is 36.8 Å². The summed E-state index contributed by atoms with van der Waals surface area (Å²) in [5, 5.41) is 2.80. The SMILES string of the molecule is C[C@@H](NC(=O)c1ccc[nH]c1=O)c1ccc2c(c1)OCCO2. The summed E-state index contributed by atoms with van der Waals surface area (Å²) in [5.41, 5.74) is 0.561. The van der Waals surface area contributed by atoms with Crippen LogP contribution in [0.2, 0.25) is 0 Å². The summed E-state index contributed by atoms with van der Waals surface area (Å²) in [6.07, 6.45) is 1.49. The number of benzene rings is 1. The highest BCUT2D eigenvalue weighted by Gasteiger charge is 2.17. The van der Waals surface area contributed by atoms with E-state index in [9.17, 15) is 9.59 Å². The van der Waals surface area contributed by atoms with Gasteiger partial charge in [-0.3, -0.25) is 9.59 Å². The molecule has 0 saturated heterocycles. The fraction of sp³-hybridized carbons (Fsp3) is 0.250. The molecule has 1 aromatic heterocycles. The van der Waals surface area contributed by atoms with Gasteiger partial charge in [0.2, 0.25) is 0 Å². The summed E-state index contributed by atoms with van der Waals surface area (Å²) < 4.78 is 11.0. The molecule has 6 heteroatoms. The zero-order chi connectivity index (χ0) is 15.5. The second kappa shape index (κ2) is 5.93. The average Bonchev–Trinajstić information content (AvgIpc) is 2.54. The molecule has 1 aliphatic heterocycles. The minimum absolute atomic E-state index is 0.0897. The zero-order valence-corrected chi connectivity index (χ0v) is 12.1. The van der Waals surface area contributed by atoms with Gasteiger partial charge < -0.3 is 19.8 Å². The van der Waals surface area contributed by atoms with Crippen LogP contribution in [0.25, 0.3) is 0 Å². The molecule has 1 aliphatic rings. The van der Waals surface area contributed by atoms with Gasteiger partial charge >= 0.3 is 0 Å². The quantitative estimate of drug-likeness (QED) is 0.903. The Labute approximate surface area is 127 Å². The molecule has 0 fully saturated rings. The van der Waals surface area contributed by atoms with E-state index in [1.165, 1.54) is 12.3 Å². The number of carbonyl (C=O) groups is 1. The molecule has 0 bridgehead atoms. The lowest BCUT2D eigenvalue weighted by Crippen LogP contribution is -2.31. The summed E-state index contributed by atoms with van der Waals surface area (Å²) in [7, 11) is 0.